The van der Waals surface area contributed by atoms with Gasteiger partial charge in [-0.1, -0.05) is 6.92 Å². The first-order valence-corrected chi connectivity index (χ1v) is 3.08. The summed E-state index contributed by atoms with van der Waals surface area (Å²) in [5.74, 6) is -0.257. The molecular formula is C6H13NO2. The molecule has 1 atom stereocenters. The van der Waals surface area contributed by atoms with Gasteiger partial charge in [-0.25, -0.2) is 0 Å². The van der Waals surface area contributed by atoms with Crippen LogP contribution in [0.4, 0.5) is 0 Å². The van der Waals surface area contributed by atoms with Gasteiger partial charge in [-0.05, 0) is 6.42 Å². The fourth-order valence-corrected chi connectivity index (χ4v) is 0.533. The summed E-state index contributed by atoms with van der Waals surface area (Å²) in [6, 6.07) is 0. The number of nitrogens with two attached hydrogens (primary N) is 1. The molecular weight excluding hydrogens is 118 g/mol. The quantitative estimate of drug-likeness (QED) is 0.560. The zero-order valence-electron chi connectivity index (χ0n) is 5.89. The minimum atomic E-state index is -0.257. The molecule has 0 aromatic heterocycles. The van der Waals surface area contributed by atoms with Crippen LogP contribution in [0.1, 0.15) is 20.3 Å². The molecule has 0 amide bonds. The maximum absolute atomic E-state index is 10.3. The second-order valence-corrected chi connectivity index (χ2v) is 1.88. The largest absolute Gasteiger partial charge is 0.461 e. The minimum absolute atomic E-state index is 0.0949. The maximum Gasteiger partial charge on any atom is 0.302 e. The summed E-state index contributed by atoms with van der Waals surface area (Å²) in [5, 5.41) is 0. The van der Waals surface area contributed by atoms with Crippen molar-refractivity contribution in [1.82, 2.24) is 0 Å². The first-order chi connectivity index (χ1) is 4.20. The van der Waals surface area contributed by atoms with Gasteiger partial charge >= 0.3 is 5.97 Å². The van der Waals surface area contributed by atoms with Crippen molar-refractivity contribution >= 4 is 5.97 Å². The maximum atomic E-state index is 10.3. The van der Waals surface area contributed by atoms with Crippen LogP contribution in [0.15, 0.2) is 0 Å². The van der Waals surface area contributed by atoms with Gasteiger partial charge in [0, 0.05) is 13.5 Å². The lowest BCUT2D eigenvalue weighted by molar-refractivity contribution is -0.145. The monoisotopic (exact) mass is 131 g/mol. The van der Waals surface area contributed by atoms with E-state index in [0.29, 0.717) is 6.54 Å². The van der Waals surface area contributed by atoms with Gasteiger partial charge in [0.1, 0.15) is 6.10 Å². The van der Waals surface area contributed by atoms with Crippen molar-refractivity contribution in [2.75, 3.05) is 6.54 Å². The fraction of sp³-hybridized carbons (Fsp3) is 0.833. The Balaban J connectivity index is 3.43. The van der Waals surface area contributed by atoms with Crippen molar-refractivity contribution in [2.24, 2.45) is 5.73 Å². The molecule has 0 bridgehead atoms. The van der Waals surface area contributed by atoms with E-state index in [0.717, 1.165) is 6.42 Å². The second-order valence-electron chi connectivity index (χ2n) is 1.88. The van der Waals surface area contributed by atoms with Gasteiger partial charge in [-0.3, -0.25) is 4.79 Å². The zero-order valence-corrected chi connectivity index (χ0v) is 5.89. The van der Waals surface area contributed by atoms with Crippen molar-refractivity contribution in [1.29, 1.82) is 0 Å². The summed E-state index contributed by atoms with van der Waals surface area (Å²) in [7, 11) is 0. The molecule has 0 spiro atoms. The normalized spacial score (nSPS) is 12.8. The van der Waals surface area contributed by atoms with Gasteiger partial charge in [-0.2, -0.15) is 0 Å². The molecule has 1 unspecified atom stereocenters. The molecule has 0 aromatic rings. The molecule has 3 nitrogen and oxygen atoms in total. The van der Waals surface area contributed by atoms with E-state index in [1.807, 2.05) is 6.92 Å². The van der Waals surface area contributed by atoms with Crippen molar-refractivity contribution in [3.05, 3.63) is 0 Å². The van der Waals surface area contributed by atoms with E-state index in [2.05, 4.69) is 0 Å². The summed E-state index contributed by atoms with van der Waals surface area (Å²) in [6.45, 7) is 3.73. The smallest absolute Gasteiger partial charge is 0.302 e. The summed E-state index contributed by atoms with van der Waals surface area (Å²) < 4.78 is 4.78. The third-order valence-electron chi connectivity index (χ3n) is 1.05. The Labute approximate surface area is 55.2 Å². The zero-order chi connectivity index (χ0) is 7.28. The third kappa shape index (κ3) is 3.97. The average molecular weight is 131 g/mol. The lowest BCUT2D eigenvalue weighted by Gasteiger charge is -2.10. The first-order valence-electron chi connectivity index (χ1n) is 3.08. The number of hydrogen-bond donors (Lipinski definition) is 1. The Morgan fingerprint density at radius 1 is 1.78 bits per heavy atom. The molecule has 54 valence electrons. The lowest BCUT2D eigenvalue weighted by atomic mass is 10.3. The van der Waals surface area contributed by atoms with Crippen LogP contribution in [0.5, 0.6) is 0 Å². The summed E-state index contributed by atoms with van der Waals surface area (Å²) in [6.07, 6.45) is 0.693. The molecule has 0 aliphatic heterocycles. The standard InChI is InChI=1S/C6H13NO2/c1-3-6(4-7)9-5(2)8/h6H,3-4,7H2,1-2H3. The van der Waals surface area contributed by atoms with E-state index in [4.69, 9.17) is 10.5 Å². The highest BCUT2D eigenvalue weighted by Gasteiger charge is 2.04. The van der Waals surface area contributed by atoms with Crippen LogP contribution < -0.4 is 5.73 Å². The van der Waals surface area contributed by atoms with E-state index < -0.39 is 0 Å². The molecule has 0 rings (SSSR count). The Morgan fingerprint density at radius 3 is 2.44 bits per heavy atom. The predicted octanol–water partition coefficient (Wildman–Crippen LogP) is 0.287. The molecule has 0 radical (unpaired) electrons. The topological polar surface area (TPSA) is 52.3 Å². The highest BCUT2D eigenvalue weighted by atomic mass is 16.5. The number of hydrogen-bond acceptors (Lipinski definition) is 3. The van der Waals surface area contributed by atoms with Crippen LogP contribution in [0.25, 0.3) is 0 Å². The number of esters is 1. The van der Waals surface area contributed by atoms with E-state index in [-0.39, 0.29) is 12.1 Å². The number of carbonyl (C=O) groups excluding carboxylic acids is 1. The summed E-state index contributed by atoms with van der Waals surface area (Å²) in [4.78, 5) is 10.3. The Hall–Kier alpha value is -0.570. The van der Waals surface area contributed by atoms with Crippen molar-refractivity contribution < 1.29 is 9.53 Å². The molecule has 0 saturated heterocycles. The van der Waals surface area contributed by atoms with Gasteiger partial charge in [0.15, 0.2) is 0 Å². The Morgan fingerprint density at radius 2 is 2.33 bits per heavy atom. The Bertz CT molecular complexity index is 89.1. The minimum Gasteiger partial charge on any atom is -0.461 e. The van der Waals surface area contributed by atoms with Crippen molar-refractivity contribution in [3.8, 4) is 0 Å². The van der Waals surface area contributed by atoms with Crippen LogP contribution >= 0.6 is 0 Å². The van der Waals surface area contributed by atoms with Crippen LogP contribution in [0.2, 0.25) is 0 Å². The second kappa shape index (κ2) is 4.32. The first kappa shape index (κ1) is 8.43. The van der Waals surface area contributed by atoms with E-state index in [9.17, 15) is 4.79 Å². The van der Waals surface area contributed by atoms with E-state index in [1.54, 1.807) is 0 Å². The molecule has 3 heteroatoms. The SMILES string of the molecule is CCC(CN)OC(C)=O. The van der Waals surface area contributed by atoms with Gasteiger partial charge in [0.25, 0.3) is 0 Å². The molecule has 9 heavy (non-hydrogen) atoms. The fourth-order valence-electron chi connectivity index (χ4n) is 0.533. The Kier molecular flexibility index (Phi) is 4.05. The number of ether oxygens (including phenoxy) is 1. The van der Waals surface area contributed by atoms with Crippen LogP contribution in [-0.2, 0) is 9.53 Å². The summed E-state index contributed by atoms with van der Waals surface area (Å²) in [5.41, 5.74) is 5.25. The van der Waals surface area contributed by atoms with Crippen LogP contribution in [-0.4, -0.2) is 18.6 Å². The predicted molar refractivity (Wildman–Crippen MR) is 34.9 cm³/mol. The van der Waals surface area contributed by atoms with Gasteiger partial charge in [0.05, 0.1) is 0 Å². The lowest BCUT2D eigenvalue weighted by Crippen LogP contribution is -2.24. The third-order valence-corrected chi connectivity index (χ3v) is 1.05. The van der Waals surface area contributed by atoms with Gasteiger partial charge < -0.3 is 10.5 Å². The highest BCUT2D eigenvalue weighted by Crippen LogP contribution is 1.94. The summed E-state index contributed by atoms with van der Waals surface area (Å²) >= 11 is 0. The van der Waals surface area contributed by atoms with Crippen LogP contribution in [0.3, 0.4) is 0 Å². The molecule has 0 fully saturated rings. The van der Waals surface area contributed by atoms with Crippen LogP contribution in [0, 0.1) is 0 Å². The van der Waals surface area contributed by atoms with Gasteiger partial charge in [-0.15, -0.1) is 0 Å². The van der Waals surface area contributed by atoms with E-state index >= 15 is 0 Å². The molecule has 0 saturated carbocycles. The molecule has 2 N–H and O–H groups in total. The molecule has 0 heterocycles. The van der Waals surface area contributed by atoms with Gasteiger partial charge in [0.2, 0.25) is 0 Å². The average Bonchev–Trinajstić information content (AvgIpc) is 1.82. The van der Waals surface area contributed by atoms with E-state index in [1.165, 1.54) is 6.92 Å². The molecule has 0 aromatic carbocycles. The highest BCUT2D eigenvalue weighted by molar-refractivity contribution is 5.66. The number of carbonyl (C=O) groups is 1. The van der Waals surface area contributed by atoms with Crippen molar-refractivity contribution in [2.45, 2.75) is 26.4 Å². The number of rotatable bonds is 3. The van der Waals surface area contributed by atoms with Crippen molar-refractivity contribution in [3.63, 3.8) is 0 Å². The molecule has 0 aliphatic carbocycles. The molecule has 0 aliphatic rings.